The van der Waals surface area contributed by atoms with Crippen LogP contribution in [0.15, 0.2) is 18.2 Å². The minimum Gasteiger partial charge on any atom is -0.493 e. The van der Waals surface area contributed by atoms with Gasteiger partial charge in [0.1, 0.15) is 11.4 Å². The Morgan fingerprint density at radius 2 is 2.11 bits per heavy atom. The molecule has 19 heavy (non-hydrogen) atoms. The molecule has 1 heterocycles. The molecule has 2 rings (SSSR count). The molecular weight excluding hydrogens is 244 g/mol. The van der Waals surface area contributed by atoms with Crippen LogP contribution in [-0.2, 0) is 22.3 Å². The molecule has 1 atom stereocenters. The zero-order chi connectivity index (χ0) is 13.9. The number of fused-ring (bicyclic) bond motifs is 1. The fraction of sp³-hybridized carbons (Fsp3) is 0.600. The first kappa shape index (κ1) is 14.3. The van der Waals surface area contributed by atoms with Crippen LogP contribution in [0.2, 0.25) is 0 Å². The molecule has 4 heteroatoms. The lowest BCUT2D eigenvalue weighted by molar-refractivity contribution is -0.210. The van der Waals surface area contributed by atoms with Gasteiger partial charge in [-0.1, -0.05) is 12.1 Å². The summed E-state index contributed by atoms with van der Waals surface area (Å²) in [6, 6.07) is 6.22. The van der Waals surface area contributed by atoms with Gasteiger partial charge in [-0.2, -0.15) is 0 Å². The van der Waals surface area contributed by atoms with Gasteiger partial charge < -0.3 is 19.3 Å². The highest BCUT2D eigenvalue weighted by atomic mass is 16.7. The number of hydrogen-bond donors (Lipinski definition) is 1. The van der Waals surface area contributed by atoms with Crippen LogP contribution in [0, 0.1) is 0 Å². The number of ether oxygens (including phenoxy) is 3. The molecule has 0 bridgehead atoms. The number of hydrogen-bond acceptors (Lipinski definition) is 4. The van der Waals surface area contributed by atoms with Crippen LogP contribution in [0.25, 0.3) is 0 Å². The van der Waals surface area contributed by atoms with E-state index in [1.165, 1.54) is 25.3 Å². The molecule has 0 radical (unpaired) electrons. The van der Waals surface area contributed by atoms with E-state index >= 15 is 0 Å². The molecule has 1 aliphatic rings. The summed E-state index contributed by atoms with van der Waals surface area (Å²) in [4.78, 5) is 0. The van der Waals surface area contributed by atoms with Crippen LogP contribution in [-0.4, -0.2) is 37.8 Å². The third-order valence-electron chi connectivity index (χ3n) is 3.61. The van der Waals surface area contributed by atoms with Crippen LogP contribution in [0.3, 0.4) is 0 Å². The minimum absolute atomic E-state index is 0.582. The average molecular weight is 266 g/mol. The van der Waals surface area contributed by atoms with Crippen LogP contribution >= 0.6 is 0 Å². The van der Waals surface area contributed by atoms with Crippen molar-refractivity contribution in [3.05, 3.63) is 29.3 Å². The lowest BCUT2D eigenvalue weighted by Crippen LogP contribution is -2.42. The zero-order valence-electron chi connectivity index (χ0n) is 11.8. The van der Waals surface area contributed by atoms with Gasteiger partial charge in [0.25, 0.3) is 0 Å². The molecule has 1 N–H and O–H groups in total. The molecule has 1 unspecified atom stereocenters. The Kier molecular flexibility index (Phi) is 4.45. The average Bonchev–Trinajstić information content (AvgIpc) is 2.85. The third kappa shape index (κ3) is 3.26. The summed E-state index contributed by atoms with van der Waals surface area (Å²) in [6.07, 6.45) is 1.73. The SMILES string of the molecule is COC(OC)C(C)(O)CCc1ccc2c(c1)CCO2. The largest absolute Gasteiger partial charge is 0.493 e. The first-order valence-corrected chi connectivity index (χ1v) is 6.59. The van der Waals surface area contributed by atoms with Crippen molar-refractivity contribution in [1.29, 1.82) is 0 Å². The maximum absolute atomic E-state index is 10.4. The summed E-state index contributed by atoms with van der Waals surface area (Å²) in [5.74, 6) is 0.988. The van der Waals surface area contributed by atoms with E-state index in [-0.39, 0.29) is 0 Å². The van der Waals surface area contributed by atoms with Crippen LogP contribution in [0.5, 0.6) is 5.75 Å². The molecule has 0 saturated heterocycles. The lowest BCUT2D eigenvalue weighted by atomic mass is 9.95. The second kappa shape index (κ2) is 5.90. The first-order chi connectivity index (χ1) is 9.06. The predicted molar refractivity (Wildman–Crippen MR) is 72.4 cm³/mol. The van der Waals surface area contributed by atoms with Crippen LogP contribution < -0.4 is 4.74 Å². The highest BCUT2D eigenvalue weighted by molar-refractivity contribution is 5.39. The van der Waals surface area contributed by atoms with Gasteiger partial charge in [0.2, 0.25) is 0 Å². The Morgan fingerprint density at radius 1 is 1.37 bits per heavy atom. The maximum Gasteiger partial charge on any atom is 0.185 e. The van der Waals surface area contributed by atoms with E-state index in [1.807, 2.05) is 6.07 Å². The van der Waals surface area contributed by atoms with Gasteiger partial charge in [-0.15, -0.1) is 0 Å². The molecule has 0 spiro atoms. The molecule has 0 saturated carbocycles. The van der Waals surface area contributed by atoms with Gasteiger partial charge in [0, 0.05) is 20.6 Å². The number of aliphatic hydroxyl groups is 1. The smallest absolute Gasteiger partial charge is 0.185 e. The van der Waals surface area contributed by atoms with E-state index in [9.17, 15) is 5.11 Å². The van der Waals surface area contributed by atoms with E-state index in [1.54, 1.807) is 6.92 Å². The summed E-state index contributed by atoms with van der Waals surface area (Å²) >= 11 is 0. The fourth-order valence-corrected chi connectivity index (χ4v) is 2.51. The van der Waals surface area contributed by atoms with E-state index in [2.05, 4.69) is 12.1 Å². The Hall–Kier alpha value is -1.10. The quantitative estimate of drug-likeness (QED) is 0.799. The van der Waals surface area contributed by atoms with Crippen molar-refractivity contribution in [3.63, 3.8) is 0 Å². The third-order valence-corrected chi connectivity index (χ3v) is 3.61. The fourth-order valence-electron chi connectivity index (χ4n) is 2.51. The monoisotopic (exact) mass is 266 g/mol. The van der Waals surface area contributed by atoms with Crippen LogP contribution in [0.1, 0.15) is 24.5 Å². The van der Waals surface area contributed by atoms with Gasteiger partial charge >= 0.3 is 0 Å². The number of aryl methyl sites for hydroxylation is 1. The molecule has 0 aliphatic carbocycles. The highest BCUT2D eigenvalue weighted by Crippen LogP contribution is 2.27. The normalized spacial score (nSPS) is 17.1. The summed E-state index contributed by atoms with van der Waals surface area (Å²) in [6.45, 7) is 2.51. The van der Waals surface area contributed by atoms with Crippen LogP contribution in [0.4, 0.5) is 0 Å². The Bertz CT molecular complexity index is 424. The molecule has 1 aromatic rings. The number of benzene rings is 1. The molecule has 106 valence electrons. The standard InChI is InChI=1S/C15H22O4/c1-15(16,14(17-2)18-3)8-6-11-4-5-13-12(10-11)7-9-19-13/h4-5,10,14,16H,6-9H2,1-3H3. The molecule has 0 aromatic heterocycles. The van der Waals surface area contributed by atoms with Crippen molar-refractivity contribution in [3.8, 4) is 5.75 Å². The second-order valence-electron chi connectivity index (χ2n) is 5.20. The Labute approximate surface area is 114 Å². The molecule has 1 aromatic carbocycles. The summed E-state index contributed by atoms with van der Waals surface area (Å²) in [7, 11) is 3.07. The van der Waals surface area contributed by atoms with Crippen molar-refractivity contribution in [2.75, 3.05) is 20.8 Å². The van der Waals surface area contributed by atoms with Gasteiger partial charge in [0.15, 0.2) is 6.29 Å². The first-order valence-electron chi connectivity index (χ1n) is 6.59. The van der Waals surface area contributed by atoms with E-state index in [0.717, 1.165) is 25.2 Å². The van der Waals surface area contributed by atoms with Crippen molar-refractivity contribution in [1.82, 2.24) is 0 Å². The molecular formula is C15H22O4. The van der Waals surface area contributed by atoms with Crippen molar-refractivity contribution in [2.45, 2.75) is 38.1 Å². The highest BCUT2D eigenvalue weighted by Gasteiger charge is 2.31. The zero-order valence-corrected chi connectivity index (χ0v) is 11.8. The van der Waals surface area contributed by atoms with Crippen molar-refractivity contribution in [2.24, 2.45) is 0 Å². The Balaban J connectivity index is 1.98. The van der Waals surface area contributed by atoms with Crippen molar-refractivity contribution >= 4 is 0 Å². The summed E-state index contributed by atoms with van der Waals surface area (Å²) < 4.78 is 15.8. The van der Waals surface area contributed by atoms with Crippen molar-refractivity contribution < 1.29 is 19.3 Å². The molecule has 0 amide bonds. The minimum atomic E-state index is -1.00. The lowest BCUT2D eigenvalue weighted by Gasteiger charge is -2.30. The van der Waals surface area contributed by atoms with E-state index < -0.39 is 11.9 Å². The topological polar surface area (TPSA) is 47.9 Å². The second-order valence-corrected chi connectivity index (χ2v) is 5.20. The van der Waals surface area contributed by atoms with Gasteiger partial charge in [-0.05, 0) is 37.0 Å². The van der Waals surface area contributed by atoms with Gasteiger partial charge in [-0.25, -0.2) is 0 Å². The molecule has 1 aliphatic heterocycles. The summed E-state index contributed by atoms with van der Waals surface area (Å²) in [5, 5.41) is 10.4. The van der Waals surface area contributed by atoms with Gasteiger partial charge in [-0.3, -0.25) is 0 Å². The van der Waals surface area contributed by atoms with Gasteiger partial charge in [0.05, 0.1) is 6.61 Å². The predicted octanol–water partition coefficient (Wildman–Crippen LogP) is 1.92. The maximum atomic E-state index is 10.4. The summed E-state index contributed by atoms with van der Waals surface area (Å²) in [5.41, 5.74) is 1.46. The molecule has 4 nitrogen and oxygen atoms in total. The van der Waals surface area contributed by atoms with E-state index in [4.69, 9.17) is 14.2 Å². The Morgan fingerprint density at radius 3 is 2.79 bits per heavy atom. The number of methoxy groups -OCH3 is 2. The number of rotatable bonds is 6. The molecule has 0 fully saturated rings. The van der Waals surface area contributed by atoms with E-state index in [0.29, 0.717) is 6.42 Å².